The van der Waals surface area contributed by atoms with Crippen LogP contribution in [0.3, 0.4) is 0 Å². The summed E-state index contributed by atoms with van der Waals surface area (Å²) in [7, 11) is 0. The normalized spacial score (nSPS) is 9.20. The Labute approximate surface area is 117 Å². The molecular formula is C9H9NO3SY-2. The van der Waals surface area contributed by atoms with Crippen molar-refractivity contribution in [1.82, 2.24) is 0 Å². The number of amides is 1. The fraction of sp³-hybridized carbons (Fsp3) is 0.333. The summed E-state index contributed by atoms with van der Waals surface area (Å²) in [6.45, 7) is 3.60. The zero-order valence-corrected chi connectivity index (χ0v) is 12.1. The third-order valence-electron chi connectivity index (χ3n) is 1.76. The summed E-state index contributed by atoms with van der Waals surface area (Å²) in [5.74, 6) is -1.47. The number of hydrogen-bond donors (Lipinski definition) is 0. The van der Waals surface area contributed by atoms with Crippen molar-refractivity contribution in [2.75, 3.05) is 11.4 Å². The van der Waals surface area contributed by atoms with Crippen molar-refractivity contribution in [3.63, 3.8) is 0 Å². The van der Waals surface area contributed by atoms with Crippen LogP contribution in [0.5, 0.6) is 0 Å². The Hall–Kier alpha value is -0.256. The van der Waals surface area contributed by atoms with Crippen LogP contribution in [-0.4, -0.2) is 18.4 Å². The molecular weight excluding hydrogens is 291 g/mol. The molecule has 15 heavy (non-hydrogen) atoms. The first-order valence-corrected chi connectivity index (χ1v) is 4.89. The van der Waals surface area contributed by atoms with E-state index < -0.39 is 5.97 Å². The number of hydrogen-bond acceptors (Lipinski definition) is 4. The van der Waals surface area contributed by atoms with E-state index in [1.54, 1.807) is 6.92 Å². The minimum absolute atomic E-state index is 0. The van der Waals surface area contributed by atoms with Crippen LogP contribution in [0.2, 0.25) is 0 Å². The molecule has 0 unspecified atom stereocenters. The van der Waals surface area contributed by atoms with E-state index in [1.165, 1.54) is 17.9 Å². The molecule has 0 N–H and O–H groups in total. The first-order chi connectivity index (χ1) is 6.57. The third kappa shape index (κ3) is 3.36. The van der Waals surface area contributed by atoms with Crippen molar-refractivity contribution in [3.05, 3.63) is 16.3 Å². The van der Waals surface area contributed by atoms with Gasteiger partial charge in [-0.2, -0.15) is 6.07 Å². The van der Waals surface area contributed by atoms with E-state index >= 15 is 0 Å². The first kappa shape index (κ1) is 14.7. The van der Waals surface area contributed by atoms with Gasteiger partial charge in [-0.1, -0.05) is 10.6 Å². The molecule has 0 spiro atoms. The van der Waals surface area contributed by atoms with Gasteiger partial charge in [0.2, 0.25) is 5.91 Å². The molecule has 4 nitrogen and oxygen atoms in total. The second-order valence-electron chi connectivity index (χ2n) is 2.63. The summed E-state index contributed by atoms with van der Waals surface area (Å²) >= 11 is 0.938. The van der Waals surface area contributed by atoms with E-state index in [0.29, 0.717) is 12.2 Å². The standard InChI is InChI=1S/C9H10NO3S.Y/c1-3-10(6(2)11)7-4-5-14-8(7)9(12)13;/h4H,3H2,1-2H3,(H,12,13);/q-1;/p-1. The predicted molar refractivity (Wildman–Crippen MR) is 51.2 cm³/mol. The van der Waals surface area contributed by atoms with Crippen molar-refractivity contribution in [1.29, 1.82) is 0 Å². The number of carbonyl (C=O) groups is 2. The molecule has 1 heterocycles. The van der Waals surface area contributed by atoms with E-state index in [4.69, 9.17) is 0 Å². The number of rotatable bonds is 3. The maximum Gasteiger partial charge on any atom is 0.212 e. The zero-order chi connectivity index (χ0) is 10.7. The van der Waals surface area contributed by atoms with Crippen LogP contribution in [0.4, 0.5) is 5.69 Å². The van der Waals surface area contributed by atoms with E-state index in [9.17, 15) is 14.7 Å². The van der Waals surface area contributed by atoms with Gasteiger partial charge < -0.3 is 14.8 Å². The van der Waals surface area contributed by atoms with Gasteiger partial charge in [-0.05, 0) is 6.92 Å². The fourth-order valence-corrected chi connectivity index (χ4v) is 1.82. The molecule has 0 saturated heterocycles. The molecule has 1 aromatic rings. The summed E-state index contributed by atoms with van der Waals surface area (Å²) in [4.78, 5) is 23.2. The number of carboxylic acid groups (broad SMARTS) is 1. The van der Waals surface area contributed by atoms with Crippen molar-refractivity contribution in [2.45, 2.75) is 13.8 Å². The molecule has 0 bridgehead atoms. The smallest absolute Gasteiger partial charge is 0.212 e. The molecule has 1 aromatic heterocycles. The molecule has 1 radical (unpaired) electrons. The molecule has 0 atom stereocenters. The Balaban J connectivity index is 0.00000196. The van der Waals surface area contributed by atoms with Gasteiger partial charge in [0.1, 0.15) is 0 Å². The van der Waals surface area contributed by atoms with Gasteiger partial charge in [-0.15, -0.1) is 5.38 Å². The second-order valence-corrected chi connectivity index (χ2v) is 3.48. The number of carboxylic acids is 1. The van der Waals surface area contributed by atoms with E-state index in [1.807, 2.05) is 0 Å². The molecule has 0 aliphatic carbocycles. The SMILES string of the molecule is CCN(C(C)=O)c1c[c-]sc1C(=O)[O-].[Y]. The van der Waals surface area contributed by atoms with Crippen LogP contribution in [0, 0.1) is 5.38 Å². The van der Waals surface area contributed by atoms with Crippen molar-refractivity contribution < 1.29 is 47.4 Å². The van der Waals surface area contributed by atoms with Gasteiger partial charge in [0.05, 0.1) is 0 Å². The Kier molecular flexibility index (Phi) is 6.24. The van der Waals surface area contributed by atoms with Crippen LogP contribution in [0.25, 0.3) is 0 Å². The Morgan fingerprint density at radius 3 is 2.60 bits per heavy atom. The molecule has 1 amide bonds. The van der Waals surface area contributed by atoms with E-state index in [-0.39, 0.29) is 43.5 Å². The van der Waals surface area contributed by atoms with Gasteiger partial charge in [0.15, 0.2) is 0 Å². The molecule has 79 valence electrons. The van der Waals surface area contributed by atoms with Gasteiger partial charge in [-0.25, -0.2) is 0 Å². The number of carbonyl (C=O) groups excluding carboxylic acids is 2. The molecule has 6 heteroatoms. The fourth-order valence-electron chi connectivity index (χ4n) is 1.17. The van der Waals surface area contributed by atoms with Gasteiger partial charge in [0, 0.05) is 52.1 Å². The summed E-state index contributed by atoms with van der Waals surface area (Å²) in [6, 6.07) is 1.49. The van der Waals surface area contributed by atoms with Crippen LogP contribution >= 0.6 is 11.3 Å². The molecule has 0 aliphatic heterocycles. The second kappa shape index (κ2) is 6.35. The average molecular weight is 300 g/mol. The van der Waals surface area contributed by atoms with Gasteiger partial charge >= 0.3 is 0 Å². The molecule has 0 aromatic carbocycles. The van der Waals surface area contributed by atoms with Crippen molar-refractivity contribution in [2.24, 2.45) is 0 Å². The number of nitrogens with zero attached hydrogens (tertiary/aromatic N) is 1. The van der Waals surface area contributed by atoms with Crippen molar-refractivity contribution in [3.8, 4) is 0 Å². The van der Waals surface area contributed by atoms with Crippen molar-refractivity contribution >= 4 is 28.9 Å². The van der Waals surface area contributed by atoms with Crippen LogP contribution in [-0.2, 0) is 37.5 Å². The topological polar surface area (TPSA) is 60.4 Å². The summed E-state index contributed by atoms with van der Waals surface area (Å²) in [5.41, 5.74) is 0.366. The van der Waals surface area contributed by atoms with Crippen LogP contribution in [0.1, 0.15) is 23.5 Å². The number of aromatic carboxylic acids is 1. The Bertz CT molecular complexity index is 364. The Morgan fingerprint density at radius 1 is 1.60 bits per heavy atom. The largest absolute Gasteiger partial charge is 0.559 e. The van der Waals surface area contributed by atoms with Gasteiger partial charge in [0.25, 0.3) is 0 Å². The first-order valence-electron chi connectivity index (χ1n) is 4.07. The molecule has 1 rings (SSSR count). The third-order valence-corrected chi connectivity index (χ3v) is 2.58. The van der Waals surface area contributed by atoms with E-state index in [2.05, 4.69) is 5.38 Å². The quantitative estimate of drug-likeness (QED) is 0.754. The molecule has 0 fully saturated rings. The predicted octanol–water partition coefficient (Wildman–Crippen LogP) is 0.282. The van der Waals surface area contributed by atoms with Crippen LogP contribution in [0.15, 0.2) is 6.07 Å². The minimum atomic E-state index is -1.27. The van der Waals surface area contributed by atoms with Gasteiger partial charge in [-0.3, -0.25) is 16.1 Å². The number of thiophene rings is 1. The maximum atomic E-state index is 11.2. The zero-order valence-electron chi connectivity index (χ0n) is 8.44. The maximum absolute atomic E-state index is 11.2. The molecule has 0 aliphatic rings. The summed E-state index contributed by atoms with van der Waals surface area (Å²) in [5, 5.41) is 13.3. The average Bonchev–Trinajstić information content (AvgIpc) is 2.53. The Morgan fingerprint density at radius 2 is 2.20 bits per heavy atom. The molecule has 0 saturated carbocycles. The minimum Gasteiger partial charge on any atom is -0.559 e. The summed E-state index contributed by atoms with van der Waals surface area (Å²) < 4.78 is 0. The van der Waals surface area contributed by atoms with E-state index in [0.717, 1.165) is 11.3 Å². The monoisotopic (exact) mass is 300 g/mol. The van der Waals surface area contributed by atoms with Crippen LogP contribution < -0.4 is 10.0 Å². The summed E-state index contributed by atoms with van der Waals surface area (Å²) in [6.07, 6.45) is 0. The number of anilines is 1.